The van der Waals surface area contributed by atoms with Gasteiger partial charge in [0.15, 0.2) is 0 Å². The molecule has 0 fully saturated rings. The Hall–Kier alpha value is -3.19. The van der Waals surface area contributed by atoms with Crippen LogP contribution in [0.15, 0.2) is 58.0 Å². The molecule has 4 aromatic rings. The van der Waals surface area contributed by atoms with E-state index < -0.39 is 5.97 Å². The van der Waals surface area contributed by atoms with E-state index in [1.54, 1.807) is 19.1 Å². The number of thiophene rings is 1. The number of nitrogens with zero attached hydrogens (tertiary/aromatic N) is 2. The highest BCUT2D eigenvalue weighted by atomic mass is 32.1. The number of benzene rings is 1. The predicted octanol–water partition coefficient (Wildman–Crippen LogP) is 4.25. The second-order valence-corrected chi connectivity index (χ2v) is 7.45. The molecule has 0 atom stereocenters. The SMILES string of the molecule is CCOC(=O)c1ccc(Cn2cnc3sc(C)c(-c4ccccc4)c3c2=O)o1. The highest BCUT2D eigenvalue weighted by Gasteiger charge is 2.18. The highest BCUT2D eigenvalue weighted by molar-refractivity contribution is 7.19. The first-order chi connectivity index (χ1) is 13.6. The number of hydrogen-bond acceptors (Lipinski definition) is 6. The van der Waals surface area contributed by atoms with Gasteiger partial charge in [-0.3, -0.25) is 9.36 Å². The second kappa shape index (κ2) is 7.44. The maximum atomic E-state index is 13.2. The second-order valence-electron chi connectivity index (χ2n) is 6.24. The Kier molecular flexibility index (Phi) is 4.83. The van der Waals surface area contributed by atoms with E-state index in [2.05, 4.69) is 4.98 Å². The molecule has 0 saturated heterocycles. The summed E-state index contributed by atoms with van der Waals surface area (Å²) in [7, 11) is 0. The third-order valence-electron chi connectivity index (χ3n) is 4.38. The van der Waals surface area contributed by atoms with Gasteiger partial charge in [0.1, 0.15) is 10.6 Å². The van der Waals surface area contributed by atoms with Crippen LogP contribution < -0.4 is 5.56 Å². The van der Waals surface area contributed by atoms with Gasteiger partial charge in [-0.15, -0.1) is 11.3 Å². The molecular formula is C21H18N2O4S. The molecule has 0 aliphatic rings. The van der Waals surface area contributed by atoms with Gasteiger partial charge in [0, 0.05) is 10.4 Å². The van der Waals surface area contributed by atoms with Crippen molar-refractivity contribution in [1.82, 2.24) is 9.55 Å². The summed E-state index contributed by atoms with van der Waals surface area (Å²) >= 11 is 1.51. The van der Waals surface area contributed by atoms with E-state index in [1.165, 1.54) is 22.2 Å². The normalized spacial score (nSPS) is 11.1. The molecule has 6 nitrogen and oxygen atoms in total. The number of carbonyl (C=O) groups is 1. The number of hydrogen-bond donors (Lipinski definition) is 0. The largest absolute Gasteiger partial charge is 0.460 e. The molecule has 0 saturated carbocycles. The number of furan rings is 1. The summed E-state index contributed by atoms with van der Waals surface area (Å²) in [6.45, 7) is 4.19. The molecule has 0 amide bonds. The summed E-state index contributed by atoms with van der Waals surface area (Å²) in [5, 5.41) is 0.605. The van der Waals surface area contributed by atoms with E-state index in [0.717, 1.165) is 16.0 Å². The van der Waals surface area contributed by atoms with Crippen molar-refractivity contribution in [3.05, 3.63) is 75.5 Å². The van der Waals surface area contributed by atoms with E-state index in [9.17, 15) is 9.59 Å². The van der Waals surface area contributed by atoms with Crippen molar-refractivity contribution in [3.63, 3.8) is 0 Å². The summed E-state index contributed by atoms with van der Waals surface area (Å²) in [6.07, 6.45) is 1.52. The Labute approximate surface area is 165 Å². The van der Waals surface area contributed by atoms with Crippen molar-refractivity contribution in [2.75, 3.05) is 6.61 Å². The lowest BCUT2D eigenvalue weighted by atomic mass is 10.0. The summed E-state index contributed by atoms with van der Waals surface area (Å²) < 4.78 is 12.0. The fourth-order valence-electron chi connectivity index (χ4n) is 3.15. The van der Waals surface area contributed by atoms with Crippen LogP contribution in [-0.2, 0) is 11.3 Å². The first-order valence-corrected chi connectivity index (χ1v) is 9.70. The topological polar surface area (TPSA) is 74.3 Å². The monoisotopic (exact) mass is 394 g/mol. The number of carbonyl (C=O) groups excluding carboxylic acids is 1. The summed E-state index contributed by atoms with van der Waals surface area (Å²) in [5.41, 5.74) is 1.77. The molecule has 0 N–H and O–H groups in total. The summed E-state index contributed by atoms with van der Waals surface area (Å²) in [6, 6.07) is 13.0. The standard InChI is InChI=1S/C21H18N2O4S/c1-3-26-21(25)16-10-9-15(27-16)11-23-12-22-19-18(20(23)24)17(13(2)28-19)14-7-5-4-6-8-14/h4-10,12H,3,11H2,1-2H3. The lowest BCUT2D eigenvalue weighted by Gasteiger charge is -2.05. The van der Waals surface area contributed by atoms with Crippen LogP contribution in [0.3, 0.4) is 0 Å². The number of esters is 1. The zero-order chi connectivity index (χ0) is 19.7. The van der Waals surface area contributed by atoms with Crippen molar-refractivity contribution in [1.29, 1.82) is 0 Å². The molecule has 0 bridgehead atoms. The van der Waals surface area contributed by atoms with Crippen LogP contribution in [-0.4, -0.2) is 22.1 Å². The van der Waals surface area contributed by atoms with Crippen LogP contribution in [0.1, 0.15) is 28.1 Å². The van der Waals surface area contributed by atoms with E-state index in [1.807, 2.05) is 37.3 Å². The van der Waals surface area contributed by atoms with Crippen molar-refractivity contribution < 1.29 is 13.9 Å². The van der Waals surface area contributed by atoms with Gasteiger partial charge in [0.2, 0.25) is 5.76 Å². The molecule has 0 aliphatic carbocycles. The van der Waals surface area contributed by atoms with Gasteiger partial charge in [-0.2, -0.15) is 0 Å². The van der Waals surface area contributed by atoms with Crippen LogP contribution in [0.25, 0.3) is 21.3 Å². The van der Waals surface area contributed by atoms with Gasteiger partial charge in [-0.1, -0.05) is 30.3 Å². The van der Waals surface area contributed by atoms with E-state index >= 15 is 0 Å². The Morgan fingerprint density at radius 2 is 2.00 bits per heavy atom. The third kappa shape index (κ3) is 3.25. The smallest absolute Gasteiger partial charge is 0.374 e. The zero-order valence-corrected chi connectivity index (χ0v) is 16.3. The predicted molar refractivity (Wildman–Crippen MR) is 108 cm³/mol. The van der Waals surface area contributed by atoms with Crippen LogP contribution in [0, 0.1) is 6.92 Å². The van der Waals surface area contributed by atoms with Crippen LogP contribution in [0.4, 0.5) is 0 Å². The van der Waals surface area contributed by atoms with Gasteiger partial charge in [-0.05, 0) is 31.5 Å². The molecule has 3 heterocycles. The minimum atomic E-state index is -0.519. The summed E-state index contributed by atoms with van der Waals surface area (Å²) in [4.78, 5) is 31.2. The van der Waals surface area contributed by atoms with Crippen molar-refractivity contribution in [2.45, 2.75) is 20.4 Å². The van der Waals surface area contributed by atoms with Crippen molar-refractivity contribution in [2.24, 2.45) is 0 Å². The number of fused-ring (bicyclic) bond motifs is 1. The van der Waals surface area contributed by atoms with E-state index in [4.69, 9.17) is 9.15 Å². The molecule has 7 heteroatoms. The molecule has 0 radical (unpaired) electrons. The molecule has 0 aliphatic heterocycles. The Morgan fingerprint density at radius 1 is 1.21 bits per heavy atom. The van der Waals surface area contributed by atoms with E-state index in [-0.39, 0.29) is 24.5 Å². The minimum Gasteiger partial charge on any atom is -0.460 e. The van der Waals surface area contributed by atoms with Gasteiger partial charge in [0.25, 0.3) is 5.56 Å². The van der Waals surface area contributed by atoms with Gasteiger partial charge >= 0.3 is 5.97 Å². The number of ether oxygens (including phenoxy) is 1. The molecule has 0 spiro atoms. The quantitative estimate of drug-likeness (QED) is 0.473. The lowest BCUT2D eigenvalue weighted by molar-refractivity contribution is 0.0488. The van der Waals surface area contributed by atoms with Crippen LogP contribution >= 0.6 is 11.3 Å². The molecule has 3 aromatic heterocycles. The molecule has 142 valence electrons. The first kappa shape index (κ1) is 18.2. The molecule has 28 heavy (non-hydrogen) atoms. The third-order valence-corrected chi connectivity index (χ3v) is 5.39. The first-order valence-electron chi connectivity index (χ1n) is 8.88. The molecule has 1 aromatic carbocycles. The average Bonchev–Trinajstić information content (AvgIpc) is 3.29. The number of aromatic nitrogens is 2. The zero-order valence-electron chi connectivity index (χ0n) is 15.5. The Bertz CT molecular complexity index is 1200. The molecular weight excluding hydrogens is 376 g/mol. The highest BCUT2D eigenvalue weighted by Crippen LogP contribution is 2.35. The number of rotatable bonds is 5. The maximum Gasteiger partial charge on any atom is 0.374 e. The van der Waals surface area contributed by atoms with Crippen molar-refractivity contribution in [3.8, 4) is 11.1 Å². The van der Waals surface area contributed by atoms with Gasteiger partial charge < -0.3 is 9.15 Å². The van der Waals surface area contributed by atoms with Gasteiger partial charge in [-0.25, -0.2) is 9.78 Å². The minimum absolute atomic E-state index is 0.121. The van der Waals surface area contributed by atoms with Crippen LogP contribution in [0.5, 0.6) is 0 Å². The number of aryl methyl sites for hydroxylation is 1. The lowest BCUT2D eigenvalue weighted by Crippen LogP contribution is -2.20. The fourth-order valence-corrected chi connectivity index (χ4v) is 4.15. The van der Waals surface area contributed by atoms with Crippen LogP contribution in [0.2, 0.25) is 0 Å². The van der Waals surface area contributed by atoms with Gasteiger partial charge in [0.05, 0.1) is 24.9 Å². The Balaban J connectivity index is 1.75. The van der Waals surface area contributed by atoms with Crippen molar-refractivity contribution >= 4 is 27.5 Å². The molecule has 4 rings (SSSR count). The van der Waals surface area contributed by atoms with E-state index in [0.29, 0.717) is 16.0 Å². The maximum absolute atomic E-state index is 13.2. The summed E-state index contributed by atoms with van der Waals surface area (Å²) in [5.74, 6) is 0.0873. The Morgan fingerprint density at radius 3 is 2.75 bits per heavy atom. The molecule has 0 unspecified atom stereocenters. The fraction of sp³-hybridized carbons (Fsp3) is 0.190. The average molecular weight is 394 g/mol.